The fraction of sp³-hybridized carbons (Fsp3) is 0.111. The van der Waals surface area contributed by atoms with E-state index in [1.54, 1.807) is 17.6 Å². The van der Waals surface area contributed by atoms with Crippen LogP contribution in [-0.2, 0) is 10.1 Å². The first-order valence-electron chi connectivity index (χ1n) is 4.71. The van der Waals surface area contributed by atoms with Gasteiger partial charge in [-0.15, -0.1) is 0 Å². The summed E-state index contributed by atoms with van der Waals surface area (Å²) < 4.78 is 29.6. The summed E-state index contributed by atoms with van der Waals surface area (Å²) in [5.41, 5.74) is 7.77. The first-order valence-corrected chi connectivity index (χ1v) is 7.03. The lowest BCUT2D eigenvalue weighted by molar-refractivity contribution is -0.681. The Labute approximate surface area is 108 Å². The first-order chi connectivity index (χ1) is 8.30. The summed E-state index contributed by atoms with van der Waals surface area (Å²) in [6.45, 7) is 1.84. The molecule has 0 radical (unpaired) electrons. The smallest absolute Gasteiger partial charge is 0.282 e. The molecule has 1 aromatic carbocycles. The number of hydrogen-bond acceptors (Lipinski definition) is 6. The molecule has 0 spiro atoms. The summed E-state index contributed by atoms with van der Waals surface area (Å²) in [5.74, 6) is 5.13. The summed E-state index contributed by atoms with van der Waals surface area (Å²) in [6.07, 6.45) is 0. The van der Waals surface area contributed by atoms with Crippen molar-refractivity contribution in [1.82, 2.24) is 5.10 Å². The maximum Gasteiger partial charge on any atom is 0.378 e. The fourth-order valence-electron chi connectivity index (χ4n) is 0.949. The monoisotopic (exact) mass is 289 g/mol. The minimum atomic E-state index is -4.02. The SMILES string of the molecule is Cc1ccc(S(=O)(=O)O)cc1.Nc1scn[n+]1N. The molecule has 18 heavy (non-hydrogen) atoms. The number of nitrogens with zero attached hydrogens (tertiary/aromatic N) is 2. The molecule has 0 bridgehead atoms. The van der Waals surface area contributed by atoms with Crippen molar-refractivity contribution in [3.05, 3.63) is 35.3 Å². The molecule has 98 valence electrons. The van der Waals surface area contributed by atoms with Gasteiger partial charge in [-0.2, -0.15) is 8.42 Å². The van der Waals surface area contributed by atoms with Gasteiger partial charge in [-0.05, 0) is 35.2 Å². The number of aryl methyl sites for hydroxylation is 1. The first kappa shape index (κ1) is 14.4. The Morgan fingerprint density at radius 1 is 1.33 bits per heavy atom. The van der Waals surface area contributed by atoms with Crippen LogP contribution in [0.3, 0.4) is 0 Å². The summed E-state index contributed by atoms with van der Waals surface area (Å²) in [5, 5.41) is 4.12. The Morgan fingerprint density at radius 3 is 2.17 bits per heavy atom. The number of anilines is 1. The molecular weight excluding hydrogens is 276 g/mol. The molecular formula is C9H13N4O3S2+. The van der Waals surface area contributed by atoms with Gasteiger partial charge in [-0.3, -0.25) is 10.3 Å². The second-order valence-electron chi connectivity index (χ2n) is 3.31. The number of nitrogens with two attached hydrogens (primary N) is 2. The Kier molecular flexibility index (Phi) is 4.59. The summed E-state index contributed by atoms with van der Waals surface area (Å²) in [7, 11) is -4.02. The molecule has 9 heteroatoms. The van der Waals surface area contributed by atoms with Gasteiger partial charge < -0.3 is 0 Å². The Hall–Kier alpha value is -1.71. The maximum absolute atomic E-state index is 10.5. The van der Waals surface area contributed by atoms with Crippen LogP contribution in [0.15, 0.2) is 34.7 Å². The molecule has 7 nitrogen and oxygen atoms in total. The third kappa shape index (κ3) is 4.28. The molecule has 2 rings (SSSR count). The highest BCUT2D eigenvalue weighted by molar-refractivity contribution is 7.85. The molecule has 0 aliphatic carbocycles. The van der Waals surface area contributed by atoms with Crippen molar-refractivity contribution in [2.75, 3.05) is 11.6 Å². The van der Waals surface area contributed by atoms with Crippen LogP contribution >= 0.6 is 11.3 Å². The lowest BCUT2D eigenvalue weighted by Crippen LogP contribution is -2.47. The summed E-state index contributed by atoms with van der Waals surface area (Å²) in [6, 6.07) is 5.99. The van der Waals surface area contributed by atoms with Gasteiger partial charge >= 0.3 is 5.13 Å². The topological polar surface area (TPSA) is 123 Å². The zero-order valence-corrected chi connectivity index (χ0v) is 11.1. The van der Waals surface area contributed by atoms with E-state index in [9.17, 15) is 8.42 Å². The predicted octanol–water partition coefficient (Wildman–Crippen LogP) is -0.0317. The molecule has 0 amide bonds. The summed E-state index contributed by atoms with van der Waals surface area (Å²) in [4.78, 5) is 1.06. The lowest BCUT2D eigenvalue weighted by Gasteiger charge is -1.95. The molecule has 0 saturated carbocycles. The quantitative estimate of drug-likeness (QED) is 0.385. The van der Waals surface area contributed by atoms with Gasteiger partial charge in [0.05, 0.1) is 4.90 Å². The Morgan fingerprint density at radius 2 is 1.89 bits per heavy atom. The molecule has 2 aromatic rings. The highest BCUT2D eigenvalue weighted by Crippen LogP contribution is 2.08. The van der Waals surface area contributed by atoms with Gasteiger partial charge in [0.25, 0.3) is 10.1 Å². The third-order valence-corrected chi connectivity index (χ3v) is 3.39. The zero-order valence-electron chi connectivity index (χ0n) is 9.52. The largest absolute Gasteiger partial charge is 0.378 e. The maximum atomic E-state index is 10.5. The molecule has 0 fully saturated rings. The van der Waals surface area contributed by atoms with Gasteiger partial charge in [0, 0.05) is 0 Å². The standard InChI is InChI=1S/C7H8O3S.C2H4N4S/c1-6-2-4-7(5-3-6)11(8,9)10;3-2-6(4)5-1-7-2/h2-5H,1H3,(H,8,9,10);1,3H,4H2/p+1. The van der Waals surface area contributed by atoms with Crippen LogP contribution in [0, 0.1) is 6.92 Å². The molecule has 1 aromatic heterocycles. The lowest BCUT2D eigenvalue weighted by atomic mass is 10.2. The molecule has 1 heterocycles. The van der Waals surface area contributed by atoms with Crippen molar-refractivity contribution in [2.45, 2.75) is 11.8 Å². The zero-order chi connectivity index (χ0) is 13.8. The second kappa shape index (κ2) is 5.76. The minimum absolute atomic E-state index is 0.0666. The normalized spacial score (nSPS) is 10.6. The molecule has 0 atom stereocenters. The van der Waals surface area contributed by atoms with Gasteiger partial charge in [0.15, 0.2) is 0 Å². The molecule has 0 saturated heterocycles. The van der Waals surface area contributed by atoms with Crippen molar-refractivity contribution in [3.63, 3.8) is 0 Å². The second-order valence-corrected chi connectivity index (χ2v) is 5.60. The van der Waals surface area contributed by atoms with Crippen molar-refractivity contribution >= 4 is 26.6 Å². The Balaban J connectivity index is 0.000000199. The van der Waals surface area contributed by atoms with E-state index in [2.05, 4.69) is 5.10 Å². The average Bonchev–Trinajstić information content (AvgIpc) is 2.63. The van der Waals surface area contributed by atoms with Crippen LogP contribution in [0.2, 0.25) is 0 Å². The van der Waals surface area contributed by atoms with E-state index in [1.807, 2.05) is 6.92 Å². The van der Waals surface area contributed by atoms with Crippen LogP contribution in [-0.4, -0.2) is 18.1 Å². The van der Waals surface area contributed by atoms with Crippen molar-refractivity contribution in [1.29, 1.82) is 0 Å². The summed E-state index contributed by atoms with van der Waals surface area (Å²) >= 11 is 1.31. The van der Waals surface area contributed by atoms with Gasteiger partial charge in [0.2, 0.25) is 0 Å². The van der Waals surface area contributed by atoms with Crippen LogP contribution in [0.1, 0.15) is 5.56 Å². The number of hydrogen-bond donors (Lipinski definition) is 3. The fourth-order valence-corrected chi connectivity index (χ4v) is 1.84. The van der Waals surface area contributed by atoms with E-state index in [0.717, 1.165) is 10.4 Å². The Bertz CT molecular complexity index is 590. The van der Waals surface area contributed by atoms with Crippen LogP contribution < -0.4 is 16.4 Å². The number of aromatic nitrogens is 2. The van der Waals surface area contributed by atoms with E-state index >= 15 is 0 Å². The molecule has 0 aliphatic heterocycles. The third-order valence-electron chi connectivity index (χ3n) is 1.89. The van der Waals surface area contributed by atoms with Crippen LogP contribution in [0.5, 0.6) is 0 Å². The van der Waals surface area contributed by atoms with Crippen molar-refractivity contribution in [3.8, 4) is 0 Å². The average molecular weight is 289 g/mol. The van der Waals surface area contributed by atoms with Crippen molar-refractivity contribution in [2.24, 2.45) is 0 Å². The van der Waals surface area contributed by atoms with Crippen LogP contribution in [0.25, 0.3) is 0 Å². The minimum Gasteiger partial charge on any atom is -0.282 e. The van der Waals surface area contributed by atoms with Gasteiger partial charge in [0.1, 0.15) is 5.51 Å². The predicted molar refractivity (Wildman–Crippen MR) is 67.9 cm³/mol. The number of nitrogen functional groups attached to an aromatic ring is 2. The molecule has 0 unspecified atom stereocenters. The van der Waals surface area contributed by atoms with E-state index in [1.165, 1.54) is 23.5 Å². The molecule has 5 N–H and O–H groups in total. The number of rotatable bonds is 1. The van der Waals surface area contributed by atoms with Gasteiger partial charge in [-0.1, -0.05) is 22.8 Å². The number of benzene rings is 1. The molecule has 0 aliphatic rings. The van der Waals surface area contributed by atoms with E-state index < -0.39 is 10.1 Å². The van der Waals surface area contributed by atoms with E-state index in [0.29, 0.717) is 5.13 Å². The van der Waals surface area contributed by atoms with Gasteiger partial charge in [-0.25, -0.2) is 5.84 Å². The van der Waals surface area contributed by atoms with Crippen molar-refractivity contribution < 1.29 is 17.8 Å². The highest BCUT2D eigenvalue weighted by Gasteiger charge is 2.06. The van der Waals surface area contributed by atoms with E-state index in [-0.39, 0.29) is 4.90 Å². The van der Waals surface area contributed by atoms with E-state index in [4.69, 9.17) is 16.1 Å². The van der Waals surface area contributed by atoms with Crippen LogP contribution in [0.4, 0.5) is 5.13 Å². The highest BCUT2D eigenvalue weighted by atomic mass is 32.2.